The molecule has 0 amide bonds. The topological polar surface area (TPSA) is 62.3 Å². The van der Waals surface area contributed by atoms with E-state index in [1.54, 1.807) is 6.20 Å². The van der Waals surface area contributed by atoms with Gasteiger partial charge in [-0.2, -0.15) is 0 Å². The summed E-state index contributed by atoms with van der Waals surface area (Å²) in [6.45, 7) is 1.96. The van der Waals surface area contributed by atoms with Crippen molar-refractivity contribution in [2.24, 2.45) is 0 Å². The maximum atomic E-state index is 13.6. The number of nitrogens with zero attached hydrogens (tertiary/aromatic N) is 2. The number of halogens is 1. The molecule has 0 spiro atoms. The van der Waals surface area contributed by atoms with Crippen molar-refractivity contribution in [3.8, 4) is 0 Å². The van der Waals surface area contributed by atoms with Gasteiger partial charge in [-0.25, -0.2) is 12.8 Å². The molecule has 0 aliphatic carbocycles. The SMILES string of the molecule is CS(=O)(=O)c1ccc(F)cc1CN1CC(Nc2ccc3cnccc3c2)C1. The molecule has 27 heavy (non-hydrogen) atoms. The van der Waals surface area contributed by atoms with Crippen LogP contribution in [0.5, 0.6) is 0 Å². The van der Waals surface area contributed by atoms with Crippen molar-refractivity contribution in [2.75, 3.05) is 24.7 Å². The van der Waals surface area contributed by atoms with Crippen LogP contribution in [0, 0.1) is 5.82 Å². The third-order valence-electron chi connectivity index (χ3n) is 4.78. The lowest BCUT2D eigenvalue weighted by molar-refractivity contribution is 0.152. The first-order chi connectivity index (χ1) is 12.9. The van der Waals surface area contributed by atoms with Crippen LogP contribution in [0.1, 0.15) is 5.56 Å². The van der Waals surface area contributed by atoms with Gasteiger partial charge in [0.1, 0.15) is 5.82 Å². The van der Waals surface area contributed by atoms with Crippen molar-refractivity contribution in [3.63, 3.8) is 0 Å². The first kappa shape index (κ1) is 17.9. The molecule has 2 aromatic carbocycles. The smallest absolute Gasteiger partial charge is 0.175 e. The van der Waals surface area contributed by atoms with Gasteiger partial charge in [-0.05, 0) is 47.3 Å². The van der Waals surface area contributed by atoms with Gasteiger partial charge in [0.05, 0.1) is 10.9 Å². The van der Waals surface area contributed by atoms with Crippen LogP contribution < -0.4 is 5.32 Å². The molecule has 0 bridgehead atoms. The fourth-order valence-electron chi connectivity index (χ4n) is 3.47. The monoisotopic (exact) mass is 385 g/mol. The van der Waals surface area contributed by atoms with Gasteiger partial charge in [0.15, 0.2) is 9.84 Å². The molecular formula is C20H20FN3O2S. The van der Waals surface area contributed by atoms with E-state index >= 15 is 0 Å². The minimum absolute atomic E-state index is 0.198. The highest BCUT2D eigenvalue weighted by atomic mass is 32.2. The van der Waals surface area contributed by atoms with E-state index in [0.29, 0.717) is 12.1 Å². The summed E-state index contributed by atoms with van der Waals surface area (Å²) in [7, 11) is -3.38. The molecule has 140 valence electrons. The van der Waals surface area contributed by atoms with Crippen molar-refractivity contribution in [1.82, 2.24) is 9.88 Å². The van der Waals surface area contributed by atoms with Gasteiger partial charge in [-0.1, -0.05) is 6.07 Å². The fourth-order valence-corrected chi connectivity index (χ4v) is 4.39. The Kier molecular flexibility index (Phi) is 4.57. The Morgan fingerprint density at radius 1 is 1.15 bits per heavy atom. The van der Waals surface area contributed by atoms with Gasteiger partial charge in [0, 0.05) is 49.4 Å². The summed E-state index contributed by atoms with van der Waals surface area (Å²) in [6.07, 6.45) is 4.76. The molecule has 0 radical (unpaired) electrons. The third-order valence-corrected chi connectivity index (χ3v) is 5.98. The minimum atomic E-state index is -3.38. The van der Waals surface area contributed by atoms with Crippen LogP contribution in [-0.2, 0) is 16.4 Å². The lowest BCUT2D eigenvalue weighted by Gasteiger charge is -2.40. The van der Waals surface area contributed by atoms with Gasteiger partial charge < -0.3 is 5.32 Å². The molecule has 7 heteroatoms. The predicted octanol–water partition coefficient (Wildman–Crippen LogP) is 3.07. The van der Waals surface area contributed by atoms with E-state index in [4.69, 9.17) is 0 Å². The highest BCUT2D eigenvalue weighted by Crippen LogP contribution is 2.24. The van der Waals surface area contributed by atoms with Crippen molar-refractivity contribution in [2.45, 2.75) is 17.5 Å². The van der Waals surface area contributed by atoms with E-state index in [9.17, 15) is 12.8 Å². The van der Waals surface area contributed by atoms with Gasteiger partial charge >= 0.3 is 0 Å². The first-order valence-electron chi connectivity index (χ1n) is 8.70. The van der Waals surface area contributed by atoms with E-state index in [-0.39, 0.29) is 10.9 Å². The highest BCUT2D eigenvalue weighted by Gasteiger charge is 2.28. The van der Waals surface area contributed by atoms with Crippen LogP contribution in [0.2, 0.25) is 0 Å². The molecule has 5 nitrogen and oxygen atoms in total. The van der Waals surface area contributed by atoms with Crippen LogP contribution in [0.4, 0.5) is 10.1 Å². The van der Waals surface area contributed by atoms with Crippen molar-refractivity contribution in [3.05, 3.63) is 66.2 Å². The van der Waals surface area contributed by atoms with Gasteiger partial charge in [0.2, 0.25) is 0 Å². The summed E-state index contributed by atoms with van der Waals surface area (Å²) >= 11 is 0. The second-order valence-electron chi connectivity index (χ2n) is 7.00. The molecule has 4 rings (SSSR count). The van der Waals surface area contributed by atoms with E-state index in [0.717, 1.165) is 35.8 Å². The molecular weight excluding hydrogens is 365 g/mol. The summed E-state index contributed by atoms with van der Waals surface area (Å²) in [4.78, 5) is 6.42. The average Bonchev–Trinajstić information content (AvgIpc) is 2.58. The normalized spacial score (nSPS) is 15.6. The molecule has 1 saturated heterocycles. The summed E-state index contributed by atoms with van der Waals surface area (Å²) < 4.78 is 37.4. The van der Waals surface area contributed by atoms with Crippen molar-refractivity contribution >= 4 is 26.3 Å². The zero-order valence-electron chi connectivity index (χ0n) is 14.9. The number of anilines is 1. The molecule has 3 aromatic rings. The summed E-state index contributed by atoms with van der Waals surface area (Å²) in [5.41, 5.74) is 1.55. The molecule has 0 unspecified atom stereocenters. The zero-order chi connectivity index (χ0) is 19.0. The average molecular weight is 385 g/mol. The molecule has 1 aliphatic rings. The molecule has 1 N–H and O–H groups in total. The largest absolute Gasteiger partial charge is 0.380 e. The van der Waals surface area contributed by atoms with Gasteiger partial charge in [-0.15, -0.1) is 0 Å². The second kappa shape index (κ2) is 6.90. The van der Waals surface area contributed by atoms with Crippen LogP contribution in [0.15, 0.2) is 59.8 Å². The number of benzene rings is 2. The lowest BCUT2D eigenvalue weighted by atomic mass is 10.1. The predicted molar refractivity (Wildman–Crippen MR) is 104 cm³/mol. The second-order valence-corrected chi connectivity index (χ2v) is 8.98. The number of nitrogens with one attached hydrogen (secondary N) is 1. The molecule has 1 fully saturated rings. The highest BCUT2D eigenvalue weighted by molar-refractivity contribution is 7.90. The van der Waals surface area contributed by atoms with Crippen molar-refractivity contribution < 1.29 is 12.8 Å². The maximum absolute atomic E-state index is 13.6. The number of fused-ring (bicyclic) bond motifs is 1. The summed E-state index contributed by atoms with van der Waals surface area (Å²) in [5, 5.41) is 5.71. The Hall–Kier alpha value is -2.51. The fraction of sp³-hybridized carbons (Fsp3) is 0.250. The zero-order valence-corrected chi connectivity index (χ0v) is 15.7. The number of sulfone groups is 1. The molecule has 2 heterocycles. The quantitative estimate of drug-likeness (QED) is 0.684. The number of aromatic nitrogens is 1. The Balaban J connectivity index is 1.41. The Bertz CT molecular complexity index is 1100. The van der Waals surface area contributed by atoms with Crippen LogP contribution in [0.3, 0.4) is 0 Å². The molecule has 1 aliphatic heterocycles. The van der Waals surface area contributed by atoms with Crippen molar-refractivity contribution in [1.29, 1.82) is 0 Å². The third kappa shape index (κ3) is 3.94. The van der Waals surface area contributed by atoms with Crippen LogP contribution in [0.25, 0.3) is 10.8 Å². The Morgan fingerprint density at radius 2 is 1.96 bits per heavy atom. The van der Waals surface area contributed by atoms with Crippen LogP contribution >= 0.6 is 0 Å². The molecule has 0 atom stereocenters. The number of hydrogen-bond donors (Lipinski definition) is 1. The number of pyridine rings is 1. The van der Waals surface area contributed by atoms with E-state index in [1.807, 2.05) is 24.4 Å². The van der Waals surface area contributed by atoms with E-state index < -0.39 is 15.7 Å². The standard InChI is InChI=1S/C20H20FN3O2S/c1-27(25,26)20-5-3-17(21)8-16(20)11-24-12-19(13-24)23-18-4-2-15-10-22-7-6-14(15)9-18/h2-10,19,23H,11-13H2,1H3. The van der Waals surface area contributed by atoms with Gasteiger partial charge in [0.25, 0.3) is 0 Å². The van der Waals surface area contributed by atoms with Gasteiger partial charge in [-0.3, -0.25) is 9.88 Å². The lowest BCUT2D eigenvalue weighted by Crippen LogP contribution is -2.54. The number of likely N-dealkylation sites (tertiary alicyclic amines) is 1. The molecule has 0 saturated carbocycles. The first-order valence-corrected chi connectivity index (χ1v) is 10.6. The minimum Gasteiger partial charge on any atom is -0.380 e. The van der Waals surface area contributed by atoms with Crippen LogP contribution in [-0.4, -0.2) is 43.7 Å². The van der Waals surface area contributed by atoms with E-state index in [1.165, 1.54) is 18.2 Å². The summed E-state index contributed by atoms with van der Waals surface area (Å²) in [6, 6.07) is 12.3. The Labute approximate surface area is 157 Å². The number of hydrogen-bond acceptors (Lipinski definition) is 5. The number of rotatable bonds is 5. The maximum Gasteiger partial charge on any atom is 0.175 e. The van der Waals surface area contributed by atoms with E-state index in [2.05, 4.69) is 21.3 Å². The Morgan fingerprint density at radius 3 is 2.74 bits per heavy atom. The summed E-state index contributed by atoms with van der Waals surface area (Å²) in [5.74, 6) is -0.418. The molecule has 1 aromatic heterocycles.